The van der Waals surface area contributed by atoms with Crippen LogP contribution in [0.3, 0.4) is 0 Å². The van der Waals surface area contributed by atoms with Gasteiger partial charge in [0, 0.05) is 16.7 Å². The molecule has 2 aromatic carbocycles. The van der Waals surface area contributed by atoms with Gasteiger partial charge in [0.2, 0.25) is 5.91 Å². The molecule has 140 valence electrons. The normalized spacial score (nSPS) is 16.6. The molecule has 1 aliphatic rings. The first-order valence-corrected chi connectivity index (χ1v) is 9.19. The van der Waals surface area contributed by atoms with E-state index in [0.29, 0.717) is 25.4 Å². The maximum atomic E-state index is 13.2. The highest BCUT2D eigenvalue weighted by Gasteiger charge is 2.31. The van der Waals surface area contributed by atoms with E-state index in [1.807, 2.05) is 24.3 Å². The second-order valence-corrected chi connectivity index (χ2v) is 6.99. The first kappa shape index (κ1) is 19.1. The number of halogens is 1. The van der Waals surface area contributed by atoms with Crippen molar-refractivity contribution in [3.05, 3.63) is 70.7 Å². The zero-order valence-electron chi connectivity index (χ0n) is 14.5. The van der Waals surface area contributed by atoms with Crippen LogP contribution in [0.25, 0.3) is 0 Å². The van der Waals surface area contributed by atoms with Crippen molar-refractivity contribution in [3.63, 3.8) is 0 Å². The van der Waals surface area contributed by atoms with Crippen LogP contribution < -0.4 is 5.32 Å². The van der Waals surface area contributed by atoms with E-state index in [-0.39, 0.29) is 23.3 Å². The van der Waals surface area contributed by atoms with Crippen molar-refractivity contribution in [2.75, 3.05) is 25.1 Å². The fourth-order valence-electron chi connectivity index (χ4n) is 2.97. The summed E-state index contributed by atoms with van der Waals surface area (Å²) >= 11 is 3.45. The van der Waals surface area contributed by atoms with Crippen molar-refractivity contribution in [3.8, 4) is 5.75 Å². The number of hydrogen-bond donors (Lipinski definition) is 2. The van der Waals surface area contributed by atoms with Gasteiger partial charge in [-0.3, -0.25) is 9.59 Å². The first-order chi connectivity index (χ1) is 13.0. The summed E-state index contributed by atoms with van der Waals surface area (Å²) in [7, 11) is 0. The molecule has 0 saturated carbocycles. The second-order valence-electron chi connectivity index (χ2n) is 6.07. The largest absolute Gasteiger partial charge is 0.507 e. The van der Waals surface area contributed by atoms with Gasteiger partial charge >= 0.3 is 0 Å². The molecule has 0 spiro atoms. The number of nitrogens with one attached hydrogen (secondary N) is 1. The highest BCUT2D eigenvalue weighted by molar-refractivity contribution is 9.10. The van der Waals surface area contributed by atoms with Gasteiger partial charge in [0.25, 0.3) is 5.91 Å². The number of ether oxygens (including phenoxy) is 1. The summed E-state index contributed by atoms with van der Waals surface area (Å²) in [6.07, 6.45) is 1.14. The van der Waals surface area contributed by atoms with Crippen molar-refractivity contribution in [2.45, 2.75) is 6.04 Å². The molecular formula is C20H19BrN2O4. The number of nitrogens with zero attached hydrogens (tertiary/aromatic N) is 1. The van der Waals surface area contributed by atoms with Gasteiger partial charge in [-0.15, -0.1) is 0 Å². The topological polar surface area (TPSA) is 78.9 Å². The smallest absolute Gasteiger partial charge is 0.258 e. The van der Waals surface area contributed by atoms with Crippen LogP contribution in [0, 0.1) is 0 Å². The number of phenols is 1. The highest BCUT2D eigenvalue weighted by Crippen LogP contribution is 2.30. The number of aromatic hydroxyl groups is 1. The molecule has 1 atom stereocenters. The third-order valence-corrected chi connectivity index (χ3v) is 4.80. The molecule has 1 saturated heterocycles. The van der Waals surface area contributed by atoms with Crippen LogP contribution in [0.1, 0.15) is 22.0 Å². The van der Waals surface area contributed by atoms with E-state index >= 15 is 0 Å². The summed E-state index contributed by atoms with van der Waals surface area (Å²) < 4.78 is 6.49. The molecule has 1 heterocycles. The molecule has 3 rings (SSSR count). The van der Waals surface area contributed by atoms with Crippen LogP contribution in [-0.4, -0.2) is 41.6 Å². The Hall–Kier alpha value is -2.64. The van der Waals surface area contributed by atoms with E-state index in [1.165, 1.54) is 18.2 Å². The van der Waals surface area contributed by atoms with E-state index in [4.69, 9.17) is 4.74 Å². The van der Waals surface area contributed by atoms with E-state index in [0.717, 1.165) is 16.1 Å². The summed E-state index contributed by atoms with van der Waals surface area (Å²) in [6.45, 7) is 4.59. The summed E-state index contributed by atoms with van der Waals surface area (Å²) in [5.74, 6) is -0.857. The molecule has 1 unspecified atom stereocenters. The van der Waals surface area contributed by atoms with Crippen molar-refractivity contribution < 1.29 is 19.4 Å². The number of hydrogen-bond acceptors (Lipinski definition) is 4. The van der Waals surface area contributed by atoms with Crippen molar-refractivity contribution in [1.82, 2.24) is 4.90 Å². The quantitative estimate of drug-likeness (QED) is 0.574. The van der Waals surface area contributed by atoms with Crippen LogP contribution >= 0.6 is 15.9 Å². The second kappa shape index (κ2) is 8.37. The van der Waals surface area contributed by atoms with Crippen molar-refractivity contribution in [2.24, 2.45) is 0 Å². The molecule has 2 N–H and O–H groups in total. The predicted octanol–water partition coefficient (Wildman–Crippen LogP) is 3.49. The molecule has 7 heteroatoms. The summed E-state index contributed by atoms with van der Waals surface area (Å²) in [6, 6.07) is 11.8. The fraction of sp³-hybridized carbons (Fsp3) is 0.200. The van der Waals surface area contributed by atoms with Crippen LogP contribution in [-0.2, 0) is 9.53 Å². The minimum Gasteiger partial charge on any atom is -0.507 e. The molecule has 27 heavy (non-hydrogen) atoms. The molecule has 2 aromatic rings. The number of rotatable bonds is 4. The maximum Gasteiger partial charge on any atom is 0.258 e. The van der Waals surface area contributed by atoms with Crippen LogP contribution in [0.15, 0.2) is 59.6 Å². The van der Waals surface area contributed by atoms with Gasteiger partial charge in [-0.05, 0) is 42.0 Å². The highest BCUT2D eigenvalue weighted by atomic mass is 79.9. The Morgan fingerprint density at radius 3 is 2.85 bits per heavy atom. The third-order valence-electron chi connectivity index (χ3n) is 4.30. The molecule has 1 aliphatic heterocycles. The minimum absolute atomic E-state index is 0.124. The SMILES string of the molecule is C=CC(=O)Nc1ccc(O)c(C(=O)N2CCOCC2c2cccc(Br)c2)c1. The van der Waals surface area contributed by atoms with Gasteiger partial charge in [-0.1, -0.05) is 34.6 Å². The Labute approximate surface area is 165 Å². The lowest BCUT2D eigenvalue weighted by molar-refractivity contribution is -0.111. The van der Waals surface area contributed by atoms with E-state index in [2.05, 4.69) is 27.8 Å². The van der Waals surface area contributed by atoms with Crippen LogP contribution in [0.2, 0.25) is 0 Å². The maximum absolute atomic E-state index is 13.2. The number of amides is 2. The molecule has 1 fully saturated rings. The molecule has 0 radical (unpaired) electrons. The lowest BCUT2D eigenvalue weighted by Gasteiger charge is -2.36. The zero-order valence-corrected chi connectivity index (χ0v) is 16.1. The zero-order chi connectivity index (χ0) is 19.4. The number of benzene rings is 2. The van der Waals surface area contributed by atoms with Gasteiger partial charge < -0.3 is 20.1 Å². The number of carbonyl (C=O) groups excluding carboxylic acids is 2. The standard InChI is InChI=1S/C20H19BrN2O4/c1-2-19(25)22-15-6-7-18(24)16(11-15)20(26)23-8-9-27-12-17(23)13-4-3-5-14(21)10-13/h2-7,10-11,17,24H,1,8-9,12H2,(H,22,25). The average Bonchev–Trinajstić information content (AvgIpc) is 2.69. The minimum atomic E-state index is -0.391. The number of morpholine rings is 1. The van der Waals surface area contributed by atoms with Crippen LogP contribution in [0.4, 0.5) is 5.69 Å². The average molecular weight is 431 g/mol. The molecule has 6 nitrogen and oxygen atoms in total. The van der Waals surface area contributed by atoms with E-state index in [1.54, 1.807) is 4.90 Å². The van der Waals surface area contributed by atoms with Crippen molar-refractivity contribution >= 4 is 33.4 Å². The van der Waals surface area contributed by atoms with Gasteiger partial charge in [-0.2, -0.15) is 0 Å². The number of phenolic OH excluding ortho intramolecular Hbond substituents is 1. The lowest BCUT2D eigenvalue weighted by Crippen LogP contribution is -2.43. The number of carbonyl (C=O) groups is 2. The first-order valence-electron chi connectivity index (χ1n) is 8.40. The van der Waals surface area contributed by atoms with E-state index in [9.17, 15) is 14.7 Å². The Bertz CT molecular complexity index is 884. The Morgan fingerprint density at radius 1 is 1.30 bits per heavy atom. The predicted molar refractivity (Wildman–Crippen MR) is 106 cm³/mol. The lowest BCUT2D eigenvalue weighted by atomic mass is 10.0. The third kappa shape index (κ3) is 4.37. The molecule has 0 aromatic heterocycles. The summed E-state index contributed by atoms with van der Waals surface area (Å²) in [5.41, 5.74) is 1.47. The van der Waals surface area contributed by atoms with Crippen molar-refractivity contribution in [1.29, 1.82) is 0 Å². The number of anilines is 1. The molecule has 0 bridgehead atoms. The summed E-state index contributed by atoms with van der Waals surface area (Å²) in [5, 5.41) is 12.8. The van der Waals surface area contributed by atoms with Gasteiger partial charge in [0.1, 0.15) is 5.75 Å². The Kier molecular flexibility index (Phi) is 5.93. The Morgan fingerprint density at radius 2 is 2.11 bits per heavy atom. The molecular weight excluding hydrogens is 412 g/mol. The van der Waals surface area contributed by atoms with Gasteiger partial charge in [0.05, 0.1) is 24.8 Å². The Balaban J connectivity index is 1.91. The monoisotopic (exact) mass is 430 g/mol. The molecule has 0 aliphatic carbocycles. The summed E-state index contributed by atoms with van der Waals surface area (Å²) in [4.78, 5) is 26.4. The van der Waals surface area contributed by atoms with Crippen LogP contribution in [0.5, 0.6) is 5.75 Å². The fourth-order valence-corrected chi connectivity index (χ4v) is 3.39. The molecule has 2 amide bonds. The van der Waals surface area contributed by atoms with Gasteiger partial charge in [0.15, 0.2) is 0 Å². The van der Waals surface area contributed by atoms with Gasteiger partial charge in [-0.25, -0.2) is 0 Å². The van der Waals surface area contributed by atoms with E-state index < -0.39 is 5.91 Å².